The molecule has 0 spiro atoms. The zero-order chi connectivity index (χ0) is 18.6. The molecule has 0 saturated heterocycles. The molecule has 7 nitrogen and oxygen atoms in total. The summed E-state index contributed by atoms with van der Waals surface area (Å²) in [7, 11) is 3.46. The number of nitrogens with one attached hydrogen (secondary N) is 2. The van der Waals surface area contributed by atoms with Crippen LogP contribution >= 0.6 is 24.0 Å². The van der Waals surface area contributed by atoms with E-state index in [1.165, 1.54) is 0 Å². The zero-order valence-electron chi connectivity index (χ0n) is 16.8. The van der Waals surface area contributed by atoms with E-state index < -0.39 is 5.60 Å². The highest BCUT2D eigenvalue weighted by Gasteiger charge is 2.22. The van der Waals surface area contributed by atoms with Gasteiger partial charge in [0.25, 0.3) is 0 Å². The summed E-state index contributed by atoms with van der Waals surface area (Å²) in [6.45, 7) is 12.6. The van der Waals surface area contributed by atoms with Gasteiger partial charge in [-0.15, -0.1) is 24.0 Å². The van der Waals surface area contributed by atoms with Gasteiger partial charge >= 0.3 is 6.09 Å². The Bertz CT molecular complexity index is 387. The number of hydrogen-bond acceptors (Lipinski definition) is 4. The van der Waals surface area contributed by atoms with Crippen LogP contribution in [0.25, 0.3) is 0 Å². The van der Waals surface area contributed by atoms with E-state index in [1.807, 2.05) is 34.6 Å². The van der Waals surface area contributed by atoms with Gasteiger partial charge in [0.2, 0.25) is 0 Å². The van der Waals surface area contributed by atoms with Gasteiger partial charge in [-0.2, -0.15) is 0 Å². The minimum atomic E-state index is -0.476. The lowest BCUT2D eigenvalue weighted by molar-refractivity contribution is 0.0230. The number of halogens is 1. The third-order valence-corrected chi connectivity index (χ3v) is 3.32. The van der Waals surface area contributed by atoms with E-state index in [-0.39, 0.29) is 36.1 Å². The minimum absolute atomic E-state index is 0. The van der Waals surface area contributed by atoms with Crippen LogP contribution in [-0.2, 0) is 9.47 Å². The molecule has 1 atom stereocenters. The SMILES string of the molecule is CCNC(=NCCCOC)NCCC(C)N(C)C(=O)OC(C)(C)C.I. The Morgan fingerprint density at radius 3 is 2.44 bits per heavy atom. The Labute approximate surface area is 170 Å². The zero-order valence-corrected chi connectivity index (χ0v) is 19.2. The van der Waals surface area contributed by atoms with E-state index in [0.717, 1.165) is 38.4 Å². The first kappa shape index (κ1) is 26.5. The summed E-state index contributed by atoms with van der Waals surface area (Å²) in [5.41, 5.74) is -0.476. The summed E-state index contributed by atoms with van der Waals surface area (Å²) in [4.78, 5) is 18.2. The van der Waals surface area contributed by atoms with Gasteiger partial charge in [-0.05, 0) is 47.5 Å². The van der Waals surface area contributed by atoms with E-state index in [0.29, 0.717) is 6.61 Å². The number of aliphatic imine (C=N–C) groups is 1. The average molecular weight is 472 g/mol. The number of hydrogen-bond donors (Lipinski definition) is 2. The molecule has 0 fully saturated rings. The quantitative estimate of drug-likeness (QED) is 0.234. The standard InChI is InChI=1S/C17H36N4O3.HI/c1-8-18-15(19-11-9-13-23-7)20-12-10-14(2)21(6)16(22)24-17(3,4)5;/h14H,8-13H2,1-7H3,(H2,18,19,20);1H. The van der Waals surface area contributed by atoms with Crippen LogP contribution in [0.3, 0.4) is 0 Å². The lowest BCUT2D eigenvalue weighted by atomic mass is 10.2. The average Bonchev–Trinajstić information content (AvgIpc) is 2.48. The van der Waals surface area contributed by atoms with E-state index in [4.69, 9.17) is 9.47 Å². The fourth-order valence-corrected chi connectivity index (χ4v) is 1.85. The van der Waals surface area contributed by atoms with Crippen molar-refractivity contribution in [3.63, 3.8) is 0 Å². The Hall–Kier alpha value is -0.770. The van der Waals surface area contributed by atoms with Gasteiger partial charge < -0.3 is 25.0 Å². The number of carbonyl (C=O) groups excluding carboxylic acids is 1. The van der Waals surface area contributed by atoms with Gasteiger partial charge in [-0.1, -0.05) is 0 Å². The molecule has 0 bridgehead atoms. The Balaban J connectivity index is 0. The molecular formula is C17H37IN4O3. The van der Waals surface area contributed by atoms with Crippen LogP contribution < -0.4 is 10.6 Å². The van der Waals surface area contributed by atoms with E-state index in [9.17, 15) is 4.79 Å². The predicted octanol–water partition coefficient (Wildman–Crippen LogP) is 2.84. The summed E-state index contributed by atoms with van der Waals surface area (Å²) in [6, 6.07) is 0.0729. The van der Waals surface area contributed by atoms with E-state index in [2.05, 4.69) is 15.6 Å². The maximum absolute atomic E-state index is 12.0. The van der Waals surface area contributed by atoms with Crippen molar-refractivity contribution in [1.82, 2.24) is 15.5 Å². The van der Waals surface area contributed by atoms with Crippen molar-refractivity contribution in [2.75, 3.05) is 40.4 Å². The van der Waals surface area contributed by atoms with Crippen molar-refractivity contribution >= 4 is 36.0 Å². The van der Waals surface area contributed by atoms with Gasteiger partial charge in [0.15, 0.2) is 5.96 Å². The van der Waals surface area contributed by atoms with Crippen molar-refractivity contribution in [2.45, 2.75) is 59.1 Å². The maximum Gasteiger partial charge on any atom is 0.410 e. The summed E-state index contributed by atoms with van der Waals surface area (Å²) in [5, 5.41) is 6.50. The number of methoxy groups -OCH3 is 1. The van der Waals surface area contributed by atoms with Crippen LogP contribution in [0, 0.1) is 0 Å². The minimum Gasteiger partial charge on any atom is -0.444 e. The highest BCUT2D eigenvalue weighted by atomic mass is 127. The Morgan fingerprint density at radius 1 is 1.28 bits per heavy atom. The molecule has 0 saturated carbocycles. The van der Waals surface area contributed by atoms with E-state index in [1.54, 1.807) is 19.1 Å². The predicted molar refractivity (Wildman–Crippen MR) is 114 cm³/mol. The molecule has 0 aliphatic carbocycles. The Kier molecular flexibility index (Phi) is 15.2. The third kappa shape index (κ3) is 14.1. The molecular weight excluding hydrogens is 435 g/mol. The van der Waals surface area contributed by atoms with Crippen molar-refractivity contribution in [3.05, 3.63) is 0 Å². The first-order chi connectivity index (χ1) is 11.2. The number of guanidine groups is 1. The maximum atomic E-state index is 12.0. The van der Waals surface area contributed by atoms with Crippen molar-refractivity contribution < 1.29 is 14.3 Å². The molecule has 0 aromatic rings. The second kappa shape index (κ2) is 14.4. The van der Waals surface area contributed by atoms with Gasteiger partial charge in [0.05, 0.1) is 0 Å². The van der Waals surface area contributed by atoms with Gasteiger partial charge in [-0.3, -0.25) is 4.99 Å². The van der Waals surface area contributed by atoms with Crippen LogP contribution in [-0.4, -0.2) is 69.0 Å². The van der Waals surface area contributed by atoms with Crippen LogP contribution in [0.1, 0.15) is 47.5 Å². The molecule has 0 heterocycles. The lowest BCUT2D eigenvalue weighted by Crippen LogP contribution is -2.42. The van der Waals surface area contributed by atoms with Crippen molar-refractivity contribution in [3.8, 4) is 0 Å². The summed E-state index contributed by atoms with van der Waals surface area (Å²) >= 11 is 0. The topological polar surface area (TPSA) is 75.2 Å². The highest BCUT2D eigenvalue weighted by molar-refractivity contribution is 14.0. The molecule has 1 unspecified atom stereocenters. The molecule has 1 amide bonds. The number of rotatable bonds is 9. The lowest BCUT2D eigenvalue weighted by Gasteiger charge is -2.28. The summed E-state index contributed by atoms with van der Waals surface area (Å²) in [6.07, 6.45) is 1.40. The molecule has 2 N–H and O–H groups in total. The van der Waals surface area contributed by atoms with Crippen LogP contribution in [0.2, 0.25) is 0 Å². The molecule has 25 heavy (non-hydrogen) atoms. The van der Waals surface area contributed by atoms with Gasteiger partial charge in [-0.25, -0.2) is 4.79 Å². The van der Waals surface area contributed by atoms with Crippen LogP contribution in [0.4, 0.5) is 4.79 Å². The second-order valence-corrected chi connectivity index (χ2v) is 6.76. The normalized spacial score (nSPS) is 12.8. The Morgan fingerprint density at radius 2 is 1.92 bits per heavy atom. The fourth-order valence-electron chi connectivity index (χ4n) is 1.85. The van der Waals surface area contributed by atoms with Crippen molar-refractivity contribution in [1.29, 1.82) is 0 Å². The monoisotopic (exact) mass is 472 g/mol. The molecule has 0 radical (unpaired) electrons. The molecule has 8 heteroatoms. The first-order valence-corrected chi connectivity index (χ1v) is 8.68. The number of nitrogens with zero attached hydrogens (tertiary/aromatic N) is 2. The molecule has 150 valence electrons. The molecule has 0 rings (SSSR count). The number of ether oxygens (including phenoxy) is 2. The second-order valence-electron chi connectivity index (χ2n) is 6.76. The molecule has 0 aliphatic rings. The van der Waals surface area contributed by atoms with Crippen molar-refractivity contribution in [2.24, 2.45) is 4.99 Å². The van der Waals surface area contributed by atoms with Crippen LogP contribution in [0.15, 0.2) is 4.99 Å². The summed E-state index contributed by atoms with van der Waals surface area (Å²) in [5.74, 6) is 0.792. The van der Waals surface area contributed by atoms with Crippen LogP contribution in [0.5, 0.6) is 0 Å². The van der Waals surface area contributed by atoms with Gasteiger partial charge in [0, 0.05) is 46.4 Å². The largest absolute Gasteiger partial charge is 0.444 e. The smallest absolute Gasteiger partial charge is 0.410 e. The first-order valence-electron chi connectivity index (χ1n) is 8.68. The molecule has 0 aromatic carbocycles. The number of carbonyl (C=O) groups is 1. The summed E-state index contributed by atoms with van der Waals surface area (Å²) < 4.78 is 10.4. The van der Waals surface area contributed by atoms with E-state index >= 15 is 0 Å². The highest BCUT2D eigenvalue weighted by Crippen LogP contribution is 2.11. The molecule has 0 aliphatic heterocycles. The third-order valence-electron chi connectivity index (χ3n) is 3.32. The van der Waals surface area contributed by atoms with Gasteiger partial charge in [0.1, 0.15) is 5.60 Å². The molecule has 0 aromatic heterocycles. The fraction of sp³-hybridized carbons (Fsp3) is 0.882. The number of amides is 1.